The van der Waals surface area contributed by atoms with Gasteiger partial charge in [-0.05, 0) is 54.1 Å². The fraction of sp³-hybridized carbons (Fsp3) is 0.0833. The number of ether oxygens (including phenoxy) is 1. The van der Waals surface area contributed by atoms with E-state index in [1.807, 2.05) is 30.3 Å². The number of nitrogens with zero attached hydrogens (tertiary/aromatic N) is 1. The van der Waals surface area contributed by atoms with Crippen molar-refractivity contribution in [3.05, 3.63) is 101 Å². The van der Waals surface area contributed by atoms with E-state index in [2.05, 4.69) is 0 Å². The summed E-state index contributed by atoms with van der Waals surface area (Å²) in [4.78, 5) is 27.4. The number of aliphatic hydroxyl groups is 1. The predicted octanol–water partition coefficient (Wildman–Crippen LogP) is 4.97. The Morgan fingerprint density at radius 3 is 2.17 bits per heavy atom. The second kappa shape index (κ2) is 8.05. The zero-order valence-electron chi connectivity index (χ0n) is 16.1. The van der Waals surface area contributed by atoms with Gasteiger partial charge in [0.15, 0.2) is 0 Å². The first-order valence-corrected chi connectivity index (χ1v) is 9.65. The van der Waals surface area contributed by atoms with Gasteiger partial charge in [-0.25, -0.2) is 0 Å². The average Bonchev–Trinajstić information content (AvgIpc) is 3.05. The summed E-state index contributed by atoms with van der Waals surface area (Å²) in [6.45, 7) is 0. The quantitative estimate of drug-likeness (QED) is 0.368. The lowest BCUT2D eigenvalue weighted by Gasteiger charge is -2.25. The van der Waals surface area contributed by atoms with E-state index < -0.39 is 17.7 Å². The second-order valence-corrected chi connectivity index (χ2v) is 7.22. The number of ketones is 1. The van der Waals surface area contributed by atoms with E-state index in [1.165, 1.54) is 4.90 Å². The number of halogens is 1. The first-order valence-electron chi connectivity index (χ1n) is 9.27. The van der Waals surface area contributed by atoms with Gasteiger partial charge in [-0.3, -0.25) is 14.5 Å². The first-order chi connectivity index (χ1) is 14.5. The van der Waals surface area contributed by atoms with Gasteiger partial charge in [0.2, 0.25) is 0 Å². The maximum Gasteiger partial charge on any atom is 0.300 e. The lowest BCUT2D eigenvalue weighted by molar-refractivity contribution is -0.132. The molecule has 1 aliphatic heterocycles. The van der Waals surface area contributed by atoms with Gasteiger partial charge in [0.25, 0.3) is 11.7 Å². The normalized spacial score (nSPS) is 17.9. The molecule has 150 valence electrons. The SMILES string of the molecule is COc1ccc(N2C(=O)C(=O)/C(=C(/O)c3ccc(Cl)cc3)[C@H]2c2ccccc2)cc1. The monoisotopic (exact) mass is 419 g/mol. The van der Waals surface area contributed by atoms with Crippen LogP contribution >= 0.6 is 11.6 Å². The Labute approximate surface area is 178 Å². The molecule has 1 aliphatic rings. The van der Waals surface area contributed by atoms with Gasteiger partial charge in [0.05, 0.1) is 18.7 Å². The molecule has 0 radical (unpaired) electrons. The second-order valence-electron chi connectivity index (χ2n) is 6.78. The van der Waals surface area contributed by atoms with E-state index in [1.54, 1.807) is 55.6 Å². The van der Waals surface area contributed by atoms with Crippen LogP contribution in [0.15, 0.2) is 84.4 Å². The molecule has 0 aliphatic carbocycles. The van der Waals surface area contributed by atoms with Gasteiger partial charge in [-0.2, -0.15) is 0 Å². The summed E-state index contributed by atoms with van der Waals surface area (Å²) in [5, 5.41) is 11.5. The van der Waals surface area contributed by atoms with Gasteiger partial charge in [0, 0.05) is 16.3 Å². The Morgan fingerprint density at radius 1 is 0.933 bits per heavy atom. The van der Waals surface area contributed by atoms with E-state index in [0.29, 0.717) is 27.6 Å². The highest BCUT2D eigenvalue weighted by molar-refractivity contribution is 6.51. The summed E-state index contributed by atoms with van der Waals surface area (Å²) in [7, 11) is 1.55. The number of rotatable bonds is 4. The van der Waals surface area contributed by atoms with E-state index in [0.717, 1.165) is 0 Å². The zero-order valence-corrected chi connectivity index (χ0v) is 16.8. The third-order valence-electron chi connectivity index (χ3n) is 5.03. The topological polar surface area (TPSA) is 66.8 Å². The Balaban J connectivity index is 1.90. The summed E-state index contributed by atoms with van der Waals surface area (Å²) in [6, 6.07) is 21.7. The number of hydrogen-bond donors (Lipinski definition) is 1. The number of carbonyl (C=O) groups excluding carboxylic acids is 2. The molecule has 6 heteroatoms. The Bertz CT molecular complexity index is 1120. The van der Waals surface area contributed by atoms with E-state index in [9.17, 15) is 14.7 Å². The van der Waals surface area contributed by atoms with Crippen LogP contribution in [0.4, 0.5) is 5.69 Å². The molecule has 0 bridgehead atoms. The van der Waals surface area contributed by atoms with E-state index in [4.69, 9.17) is 16.3 Å². The standard InChI is InChI=1S/C24H18ClNO4/c1-30-19-13-11-18(12-14-19)26-21(15-5-3-2-4-6-15)20(23(28)24(26)29)22(27)16-7-9-17(25)10-8-16/h2-14,21,27H,1H3/b22-20+/t21-/m1/s1. The van der Waals surface area contributed by atoms with Gasteiger partial charge in [0.1, 0.15) is 11.5 Å². The van der Waals surface area contributed by atoms with Crippen LogP contribution in [-0.4, -0.2) is 23.9 Å². The summed E-state index contributed by atoms with van der Waals surface area (Å²) in [5.74, 6) is -1.06. The number of benzene rings is 3. The molecule has 3 aromatic rings. The average molecular weight is 420 g/mol. The van der Waals surface area contributed by atoms with Crippen molar-refractivity contribution in [3.8, 4) is 5.75 Å². The molecule has 1 fully saturated rings. The van der Waals surface area contributed by atoms with Crippen molar-refractivity contribution in [2.24, 2.45) is 0 Å². The van der Waals surface area contributed by atoms with Crippen molar-refractivity contribution in [2.45, 2.75) is 6.04 Å². The molecule has 1 saturated heterocycles. The lowest BCUT2D eigenvalue weighted by atomic mass is 9.95. The summed E-state index contributed by atoms with van der Waals surface area (Å²) < 4.78 is 5.19. The van der Waals surface area contributed by atoms with Crippen molar-refractivity contribution >= 4 is 34.7 Å². The number of methoxy groups -OCH3 is 1. The summed E-state index contributed by atoms with van der Waals surface area (Å²) in [5.41, 5.74) is 1.68. The van der Waals surface area contributed by atoms with Crippen LogP contribution in [0, 0.1) is 0 Å². The van der Waals surface area contributed by atoms with Crippen molar-refractivity contribution in [1.29, 1.82) is 0 Å². The van der Waals surface area contributed by atoms with Crippen molar-refractivity contribution in [1.82, 2.24) is 0 Å². The van der Waals surface area contributed by atoms with Crippen LogP contribution in [0.5, 0.6) is 5.75 Å². The molecular weight excluding hydrogens is 402 g/mol. The van der Waals surface area contributed by atoms with Crippen molar-refractivity contribution in [2.75, 3.05) is 12.0 Å². The molecule has 1 atom stereocenters. The van der Waals surface area contributed by atoms with E-state index >= 15 is 0 Å². The van der Waals surface area contributed by atoms with E-state index in [-0.39, 0.29) is 11.3 Å². The molecule has 0 spiro atoms. The maximum atomic E-state index is 13.0. The minimum absolute atomic E-state index is 0.0318. The molecule has 0 aromatic heterocycles. The zero-order chi connectivity index (χ0) is 21.3. The molecule has 1 heterocycles. The molecule has 5 nitrogen and oxygen atoms in total. The summed E-state index contributed by atoms with van der Waals surface area (Å²) >= 11 is 5.94. The number of Topliss-reactive ketones (excluding diaryl/α,β-unsaturated/α-hetero) is 1. The predicted molar refractivity (Wildman–Crippen MR) is 116 cm³/mol. The number of aliphatic hydroxyl groups excluding tert-OH is 1. The number of hydrogen-bond acceptors (Lipinski definition) is 4. The Kier molecular flexibility index (Phi) is 5.29. The number of amides is 1. The molecule has 30 heavy (non-hydrogen) atoms. The molecule has 0 unspecified atom stereocenters. The highest BCUT2D eigenvalue weighted by Gasteiger charge is 2.46. The van der Waals surface area contributed by atoms with Crippen LogP contribution in [0.1, 0.15) is 17.2 Å². The smallest absolute Gasteiger partial charge is 0.300 e. The highest BCUT2D eigenvalue weighted by Crippen LogP contribution is 2.42. The van der Waals surface area contributed by atoms with Crippen LogP contribution in [0.25, 0.3) is 5.76 Å². The maximum absolute atomic E-state index is 13.0. The van der Waals surface area contributed by atoms with Gasteiger partial charge < -0.3 is 9.84 Å². The third kappa shape index (κ3) is 3.44. The summed E-state index contributed by atoms with van der Waals surface area (Å²) in [6.07, 6.45) is 0. The highest BCUT2D eigenvalue weighted by atomic mass is 35.5. The van der Waals surface area contributed by atoms with Gasteiger partial charge >= 0.3 is 0 Å². The molecule has 0 saturated carbocycles. The molecule has 1 amide bonds. The van der Waals surface area contributed by atoms with Crippen molar-refractivity contribution in [3.63, 3.8) is 0 Å². The number of carbonyl (C=O) groups is 2. The molecule has 4 rings (SSSR count). The van der Waals surface area contributed by atoms with Gasteiger partial charge in [-0.15, -0.1) is 0 Å². The third-order valence-corrected chi connectivity index (χ3v) is 5.28. The van der Waals surface area contributed by atoms with Crippen LogP contribution in [0.3, 0.4) is 0 Å². The van der Waals surface area contributed by atoms with Crippen molar-refractivity contribution < 1.29 is 19.4 Å². The molecule has 3 aromatic carbocycles. The Hall–Kier alpha value is -3.57. The minimum Gasteiger partial charge on any atom is -0.507 e. The fourth-order valence-corrected chi connectivity index (χ4v) is 3.68. The largest absolute Gasteiger partial charge is 0.507 e. The Morgan fingerprint density at radius 2 is 1.57 bits per heavy atom. The number of anilines is 1. The minimum atomic E-state index is -0.768. The molecular formula is C24H18ClNO4. The van der Waals surface area contributed by atoms with Crippen LogP contribution in [-0.2, 0) is 9.59 Å². The lowest BCUT2D eigenvalue weighted by Crippen LogP contribution is -2.29. The van der Waals surface area contributed by atoms with Crippen LogP contribution < -0.4 is 9.64 Å². The fourth-order valence-electron chi connectivity index (χ4n) is 3.56. The van der Waals surface area contributed by atoms with Gasteiger partial charge in [-0.1, -0.05) is 41.9 Å². The molecule has 1 N–H and O–H groups in total. The van der Waals surface area contributed by atoms with Crippen LogP contribution in [0.2, 0.25) is 5.02 Å². The first kappa shape index (κ1) is 19.7.